The zero-order chi connectivity index (χ0) is 15.9. The fraction of sp³-hybridized carbons (Fsp3) is 0.444. The van der Waals surface area contributed by atoms with E-state index in [-0.39, 0.29) is 12.5 Å². The molecule has 0 spiro atoms. The number of aryl methyl sites for hydroxylation is 3. The third kappa shape index (κ3) is 4.58. The SMILES string of the molecule is O=C(COc1ccc2c(c1)CCCC2)NCCCn1ccnc1. The number of nitrogens with one attached hydrogen (secondary N) is 1. The number of carbonyl (C=O) groups excluding carboxylic acids is 1. The van der Waals surface area contributed by atoms with Gasteiger partial charge in [-0.25, -0.2) is 4.98 Å². The quantitative estimate of drug-likeness (QED) is 0.798. The number of nitrogens with zero attached hydrogens (tertiary/aromatic N) is 2. The molecule has 0 aliphatic heterocycles. The lowest BCUT2D eigenvalue weighted by Crippen LogP contribution is -2.30. The van der Waals surface area contributed by atoms with E-state index in [1.807, 2.05) is 16.8 Å². The Morgan fingerprint density at radius 2 is 2.13 bits per heavy atom. The van der Waals surface area contributed by atoms with Gasteiger partial charge in [-0.05, 0) is 55.4 Å². The topological polar surface area (TPSA) is 56.1 Å². The van der Waals surface area contributed by atoms with Crippen LogP contribution in [0, 0.1) is 0 Å². The molecule has 1 aromatic carbocycles. The van der Waals surface area contributed by atoms with Crippen molar-refractivity contribution in [3.63, 3.8) is 0 Å². The van der Waals surface area contributed by atoms with Crippen molar-refractivity contribution in [1.82, 2.24) is 14.9 Å². The minimum absolute atomic E-state index is 0.0733. The van der Waals surface area contributed by atoms with Crippen LogP contribution in [-0.4, -0.2) is 28.6 Å². The first-order valence-corrected chi connectivity index (χ1v) is 8.28. The van der Waals surface area contributed by atoms with Crippen LogP contribution < -0.4 is 10.1 Å². The number of amides is 1. The number of hydrogen-bond donors (Lipinski definition) is 1. The van der Waals surface area contributed by atoms with E-state index in [1.54, 1.807) is 12.5 Å². The van der Waals surface area contributed by atoms with Crippen molar-refractivity contribution in [3.8, 4) is 5.75 Å². The predicted molar refractivity (Wildman–Crippen MR) is 88.4 cm³/mol. The first kappa shape index (κ1) is 15.6. The molecule has 5 nitrogen and oxygen atoms in total. The standard InChI is InChI=1S/C18H23N3O2/c22-18(20-8-3-10-21-11-9-19-14-21)13-23-17-7-6-15-4-1-2-5-16(15)12-17/h6-7,9,11-12,14H,1-5,8,10,13H2,(H,20,22). The molecule has 0 unspecified atom stereocenters. The molecule has 0 fully saturated rings. The van der Waals surface area contributed by atoms with Gasteiger partial charge in [-0.15, -0.1) is 0 Å². The second-order valence-electron chi connectivity index (χ2n) is 5.93. The van der Waals surface area contributed by atoms with Crippen molar-refractivity contribution >= 4 is 5.91 Å². The summed E-state index contributed by atoms with van der Waals surface area (Å²) < 4.78 is 7.61. The van der Waals surface area contributed by atoms with Gasteiger partial charge in [-0.2, -0.15) is 0 Å². The average Bonchev–Trinajstić information content (AvgIpc) is 3.10. The van der Waals surface area contributed by atoms with Gasteiger partial charge in [0.25, 0.3) is 5.91 Å². The van der Waals surface area contributed by atoms with Crippen LogP contribution in [0.4, 0.5) is 0 Å². The largest absolute Gasteiger partial charge is 0.484 e. The zero-order valence-electron chi connectivity index (χ0n) is 13.3. The third-order valence-electron chi connectivity index (χ3n) is 4.16. The molecule has 0 saturated heterocycles. The summed E-state index contributed by atoms with van der Waals surface area (Å²) in [6.07, 6.45) is 11.1. The third-order valence-corrected chi connectivity index (χ3v) is 4.16. The molecule has 122 valence electrons. The van der Waals surface area contributed by atoms with Gasteiger partial charge >= 0.3 is 0 Å². The summed E-state index contributed by atoms with van der Waals surface area (Å²) in [6.45, 7) is 1.57. The van der Waals surface area contributed by atoms with Gasteiger partial charge in [0.05, 0.1) is 6.33 Å². The predicted octanol–water partition coefficient (Wildman–Crippen LogP) is 2.35. The minimum Gasteiger partial charge on any atom is -0.484 e. The summed E-state index contributed by atoms with van der Waals surface area (Å²) in [5, 5.41) is 2.88. The number of ether oxygens (including phenoxy) is 1. The molecule has 0 saturated carbocycles. The molecule has 1 amide bonds. The van der Waals surface area contributed by atoms with Crippen molar-refractivity contribution in [2.75, 3.05) is 13.2 Å². The summed E-state index contributed by atoms with van der Waals surface area (Å²) in [4.78, 5) is 15.8. The molecule has 0 bridgehead atoms. The van der Waals surface area contributed by atoms with Crippen molar-refractivity contribution in [2.24, 2.45) is 0 Å². The Balaban J connectivity index is 1.37. The maximum atomic E-state index is 11.8. The van der Waals surface area contributed by atoms with Crippen molar-refractivity contribution < 1.29 is 9.53 Å². The zero-order valence-corrected chi connectivity index (χ0v) is 13.3. The smallest absolute Gasteiger partial charge is 0.257 e. The van der Waals surface area contributed by atoms with Crippen LogP contribution in [0.2, 0.25) is 0 Å². The second kappa shape index (κ2) is 7.81. The van der Waals surface area contributed by atoms with Crippen LogP contribution in [0.15, 0.2) is 36.9 Å². The molecule has 0 atom stereocenters. The van der Waals surface area contributed by atoms with E-state index >= 15 is 0 Å². The normalized spacial score (nSPS) is 13.4. The molecule has 1 aliphatic carbocycles. The summed E-state index contributed by atoms with van der Waals surface area (Å²) in [5.41, 5.74) is 2.79. The molecule has 0 radical (unpaired) electrons. The monoisotopic (exact) mass is 313 g/mol. The fourth-order valence-electron chi connectivity index (χ4n) is 2.91. The van der Waals surface area contributed by atoms with E-state index in [1.165, 1.54) is 24.0 Å². The Hall–Kier alpha value is -2.30. The molecule has 1 aliphatic rings. The van der Waals surface area contributed by atoms with Crippen molar-refractivity contribution in [1.29, 1.82) is 0 Å². The summed E-state index contributed by atoms with van der Waals surface area (Å²) in [7, 11) is 0. The van der Waals surface area contributed by atoms with E-state index in [9.17, 15) is 4.79 Å². The number of aromatic nitrogens is 2. The van der Waals surface area contributed by atoms with Crippen LogP contribution in [0.5, 0.6) is 5.75 Å². The number of rotatable bonds is 7. The Morgan fingerprint density at radius 3 is 2.96 bits per heavy atom. The highest BCUT2D eigenvalue weighted by molar-refractivity contribution is 5.77. The summed E-state index contributed by atoms with van der Waals surface area (Å²) in [5.74, 6) is 0.715. The van der Waals surface area contributed by atoms with E-state index in [0.29, 0.717) is 6.54 Å². The van der Waals surface area contributed by atoms with Gasteiger partial charge in [0.2, 0.25) is 0 Å². The van der Waals surface area contributed by atoms with Gasteiger partial charge in [0.15, 0.2) is 6.61 Å². The summed E-state index contributed by atoms with van der Waals surface area (Å²) in [6, 6.07) is 6.18. The first-order valence-electron chi connectivity index (χ1n) is 8.28. The van der Waals surface area contributed by atoms with Crippen molar-refractivity contribution in [2.45, 2.75) is 38.6 Å². The fourth-order valence-corrected chi connectivity index (χ4v) is 2.91. The van der Waals surface area contributed by atoms with Gasteiger partial charge in [-0.3, -0.25) is 4.79 Å². The Kier molecular flexibility index (Phi) is 5.29. The minimum atomic E-state index is -0.0756. The van der Waals surface area contributed by atoms with Crippen LogP contribution >= 0.6 is 0 Å². The maximum absolute atomic E-state index is 11.8. The van der Waals surface area contributed by atoms with Crippen LogP contribution in [0.3, 0.4) is 0 Å². The first-order chi connectivity index (χ1) is 11.3. The number of carbonyl (C=O) groups is 1. The Morgan fingerprint density at radius 1 is 1.26 bits per heavy atom. The Labute approximate surface area is 136 Å². The molecule has 1 N–H and O–H groups in total. The average molecular weight is 313 g/mol. The molecule has 2 aromatic rings. The van der Waals surface area contributed by atoms with E-state index < -0.39 is 0 Å². The lowest BCUT2D eigenvalue weighted by molar-refractivity contribution is -0.123. The number of fused-ring (bicyclic) bond motifs is 1. The second-order valence-corrected chi connectivity index (χ2v) is 5.93. The molecule has 3 rings (SSSR count). The van der Waals surface area contributed by atoms with Crippen molar-refractivity contribution in [3.05, 3.63) is 48.0 Å². The number of hydrogen-bond acceptors (Lipinski definition) is 3. The number of imidazole rings is 1. The van der Waals surface area contributed by atoms with E-state index in [0.717, 1.165) is 31.6 Å². The molecule has 1 heterocycles. The van der Waals surface area contributed by atoms with Crippen LogP contribution in [0.25, 0.3) is 0 Å². The van der Waals surface area contributed by atoms with Gasteiger partial charge in [0, 0.05) is 25.5 Å². The molecule has 5 heteroatoms. The number of benzene rings is 1. The highest BCUT2D eigenvalue weighted by Crippen LogP contribution is 2.25. The lowest BCUT2D eigenvalue weighted by atomic mass is 9.92. The molecular formula is C18H23N3O2. The Bertz CT molecular complexity index is 638. The highest BCUT2D eigenvalue weighted by Gasteiger charge is 2.10. The van der Waals surface area contributed by atoms with Crippen LogP contribution in [0.1, 0.15) is 30.4 Å². The molecule has 1 aromatic heterocycles. The molecular weight excluding hydrogens is 290 g/mol. The molecule has 23 heavy (non-hydrogen) atoms. The van der Waals surface area contributed by atoms with Gasteiger partial charge < -0.3 is 14.6 Å². The van der Waals surface area contributed by atoms with Gasteiger partial charge in [-0.1, -0.05) is 6.07 Å². The lowest BCUT2D eigenvalue weighted by Gasteiger charge is -2.16. The van der Waals surface area contributed by atoms with E-state index in [2.05, 4.69) is 22.4 Å². The highest BCUT2D eigenvalue weighted by atomic mass is 16.5. The van der Waals surface area contributed by atoms with E-state index in [4.69, 9.17) is 4.74 Å². The van der Waals surface area contributed by atoms with Gasteiger partial charge in [0.1, 0.15) is 5.75 Å². The maximum Gasteiger partial charge on any atom is 0.257 e. The van der Waals surface area contributed by atoms with Crippen LogP contribution in [-0.2, 0) is 24.2 Å². The summed E-state index contributed by atoms with van der Waals surface area (Å²) >= 11 is 0.